The van der Waals surface area contributed by atoms with E-state index < -0.39 is 0 Å². The maximum Gasteiger partial charge on any atom is 0.252 e. The Morgan fingerprint density at radius 1 is 1.47 bits per heavy atom. The van der Waals surface area contributed by atoms with Crippen LogP contribution in [0.4, 0.5) is 0 Å². The predicted octanol–water partition coefficient (Wildman–Crippen LogP) is 4.24. The molecule has 0 saturated carbocycles. The third kappa shape index (κ3) is 4.66. The van der Waals surface area contributed by atoms with E-state index in [2.05, 4.69) is 80.3 Å². The lowest BCUT2D eigenvalue weighted by molar-refractivity contribution is 0.0931. The molecule has 2 nitrogen and oxygen atoms in total. The Balaban J connectivity index is 2.86. The highest BCUT2D eigenvalue weighted by Gasteiger charge is 2.17. The zero-order valence-electron chi connectivity index (χ0n) is 9.64. The lowest BCUT2D eigenvalue weighted by Gasteiger charge is -2.20. The van der Waals surface area contributed by atoms with E-state index in [0.29, 0.717) is 5.92 Å². The molecule has 0 aliphatic heterocycles. The van der Waals surface area contributed by atoms with Crippen LogP contribution in [0.3, 0.4) is 0 Å². The highest BCUT2D eigenvalue weighted by atomic mass is 127. The fraction of sp³-hybridized carbons (Fsp3) is 0.417. The molecule has 0 heterocycles. The SMILES string of the molecule is CC(C)C(CI)NC(=O)c1cc(Br)ccc1I. The third-order valence-corrected chi connectivity index (χ3v) is 4.84. The Morgan fingerprint density at radius 2 is 2.12 bits per heavy atom. The molecule has 1 N–H and O–H groups in total. The van der Waals surface area contributed by atoms with Crippen LogP contribution in [0.25, 0.3) is 0 Å². The van der Waals surface area contributed by atoms with Crippen LogP contribution in [0, 0.1) is 9.49 Å². The number of carbonyl (C=O) groups is 1. The molecule has 0 spiro atoms. The number of hydrogen-bond acceptors (Lipinski definition) is 1. The molecule has 94 valence electrons. The predicted molar refractivity (Wildman–Crippen MR) is 91.8 cm³/mol. The normalized spacial score (nSPS) is 12.6. The molecule has 1 aromatic carbocycles. The van der Waals surface area contributed by atoms with Crippen molar-refractivity contribution in [2.24, 2.45) is 5.92 Å². The van der Waals surface area contributed by atoms with E-state index in [1.807, 2.05) is 18.2 Å². The van der Waals surface area contributed by atoms with Gasteiger partial charge in [-0.05, 0) is 46.7 Å². The second-order valence-corrected chi connectivity index (χ2v) is 7.06. The molecule has 1 unspecified atom stereocenters. The summed E-state index contributed by atoms with van der Waals surface area (Å²) in [5.41, 5.74) is 0.732. The number of rotatable bonds is 4. The highest BCUT2D eigenvalue weighted by molar-refractivity contribution is 14.1. The molecule has 1 aromatic rings. The van der Waals surface area contributed by atoms with Gasteiger partial charge in [0.05, 0.1) is 5.56 Å². The number of alkyl halides is 1. The molecule has 0 bridgehead atoms. The van der Waals surface area contributed by atoms with Crippen molar-refractivity contribution >= 4 is 67.0 Å². The molecule has 5 heteroatoms. The molecular formula is C12H14BrI2NO. The van der Waals surface area contributed by atoms with Crippen molar-refractivity contribution in [2.75, 3.05) is 4.43 Å². The number of carbonyl (C=O) groups excluding carboxylic acids is 1. The van der Waals surface area contributed by atoms with Gasteiger partial charge in [0.1, 0.15) is 0 Å². The van der Waals surface area contributed by atoms with E-state index in [0.717, 1.165) is 18.0 Å². The molecule has 0 radical (unpaired) electrons. The second-order valence-electron chi connectivity index (χ2n) is 4.10. The van der Waals surface area contributed by atoms with Crippen molar-refractivity contribution in [3.05, 3.63) is 31.8 Å². The first-order valence-electron chi connectivity index (χ1n) is 5.27. The largest absolute Gasteiger partial charge is 0.348 e. The first-order chi connectivity index (χ1) is 7.95. The maximum absolute atomic E-state index is 12.2. The summed E-state index contributed by atoms with van der Waals surface area (Å²) >= 11 is 7.88. The number of amides is 1. The monoisotopic (exact) mass is 521 g/mol. The van der Waals surface area contributed by atoms with Gasteiger partial charge in [0.25, 0.3) is 5.91 Å². The van der Waals surface area contributed by atoms with Crippen LogP contribution in [0.15, 0.2) is 22.7 Å². The summed E-state index contributed by atoms with van der Waals surface area (Å²) in [4.78, 5) is 12.2. The summed E-state index contributed by atoms with van der Waals surface area (Å²) < 4.78 is 2.82. The van der Waals surface area contributed by atoms with Gasteiger partial charge in [-0.2, -0.15) is 0 Å². The molecule has 1 amide bonds. The minimum absolute atomic E-state index is 0.00562. The molecule has 0 aromatic heterocycles. The van der Waals surface area contributed by atoms with E-state index in [1.54, 1.807) is 0 Å². The van der Waals surface area contributed by atoms with E-state index in [1.165, 1.54) is 0 Å². The van der Waals surface area contributed by atoms with Crippen LogP contribution in [0.2, 0.25) is 0 Å². The summed E-state index contributed by atoms with van der Waals surface area (Å²) in [6, 6.07) is 5.96. The van der Waals surface area contributed by atoms with Crippen LogP contribution in [0.1, 0.15) is 24.2 Å². The van der Waals surface area contributed by atoms with Crippen molar-refractivity contribution in [2.45, 2.75) is 19.9 Å². The Labute approximate surface area is 138 Å². The van der Waals surface area contributed by atoms with Crippen molar-refractivity contribution in [3.63, 3.8) is 0 Å². The van der Waals surface area contributed by atoms with Crippen molar-refractivity contribution in [1.82, 2.24) is 5.32 Å². The average Bonchev–Trinajstić information content (AvgIpc) is 2.28. The van der Waals surface area contributed by atoms with Crippen molar-refractivity contribution < 1.29 is 4.79 Å². The van der Waals surface area contributed by atoms with Gasteiger partial charge < -0.3 is 5.32 Å². The summed E-state index contributed by atoms with van der Waals surface area (Å²) in [6.45, 7) is 4.24. The molecule has 1 rings (SSSR count). The smallest absolute Gasteiger partial charge is 0.252 e. The molecule has 0 aliphatic rings. The molecule has 0 fully saturated rings. The molecule has 0 saturated heterocycles. The molecule has 1 atom stereocenters. The summed E-state index contributed by atoms with van der Waals surface area (Å²) in [7, 11) is 0. The third-order valence-electron chi connectivity index (χ3n) is 2.46. The summed E-state index contributed by atoms with van der Waals surface area (Å²) in [5.74, 6) is 0.451. The van der Waals surface area contributed by atoms with Gasteiger partial charge in [-0.3, -0.25) is 4.79 Å². The number of halogens is 3. The highest BCUT2D eigenvalue weighted by Crippen LogP contribution is 2.19. The van der Waals surface area contributed by atoms with Crippen molar-refractivity contribution in [3.8, 4) is 0 Å². The topological polar surface area (TPSA) is 29.1 Å². The number of nitrogens with one attached hydrogen (secondary N) is 1. The van der Waals surface area contributed by atoms with Gasteiger partial charge in [-0.25, -0.2) is 0 Å². The number of benzene rings is 1. The zero-order valence-corrected chi connectivity index (χ0v) is 15.5. The van der Waals surface area contributed by atoms with Gasteiger partial charge in [0.15, 0.2) is 0 Å². The van der Waals surface area contributed by atoms with E-state index >= 15 is 0 Å². The van der Waals surface area contributed by atoms with Crippen LogP contribution < -0.4 is 5.32 Å². The van der Waals surface area contributed by atoms with Crippen LogP contribution >= 0.6 is 61.1 Å². The fourth-order valence-electron chi connectivity index (χ4n) is 1.30. The fourth-order valence-corrected chi connectivity index (χ4v) is 3.48. The molecular weight excluding hydrogens is 508 g/mol. The van der Waals surface area contributed by atoms with Gasteiger partial charge in [0.2, 0.25) is 0 Å². The van der Waals surface area contributed by atoms with Crippen LogP contribution in [-0.2, 0) is 0 Å². The average molecular weight is 522 g/mol. The summed E-state index contributed by atoms with van der Waals surface area (Å²) in [5, 5.41) is 3.08. The Kier molecular flexibility index (Phi) is 6.71. The summed E-state index contributed by atoms with van der Waals surface area (Å²) in [6.07, 6.45) is 0. The number of hydrogen-bond donors (Lipinski definition) is 1. The first kappa shape index (κ1) is 15.7. The van der Waals surface area contributed by atoms with Gasteiger partial charge in [-0.15, -0.1) is 0 Å². The minimum atomic E-state index is 0.00562. The van der Waals surface area contributed by atoms with Gasteiger partial charge in [0, 0.05) is 18.5 Å². The second kappa shape index (κ2) is 7.28. The van der Waals surface area contributed by atoms with Gasteiger partial charge in [-0.1, -0.05) is 52.4 Å². The van der Waals surface area contributed by atoms with E-state index in [4.69, 9.17) is 0 Å². The van der Waals surface area contributed by atoms with E-state index in [-0.39, 0.29) is 11.9 Å². The van der Waals surface area contributed by atoms with E-state index in [9.17, 15) is 4.79 Å². The van der Waals surface area contributed by atoms with Crippen LogP contribution in [0.5, 0.6) is 0 Å². The lowest BCUT2D eigenvalue weighted by atomic mass is 10.1. The van der Waals surface area contributed by atoms with Crippen LogP contribution in [-0.4, -0.2) is 16.4 Å². The van der Waals surface area contributed by atoms with Crippen molar-refractivity contribution in [1.29, 1.82) is 0 Å². The Bertz CT molecular complexity index is 409. The molecule has 17 heavy (non-hydrogen) atoms. The maximum atomic E-state index is 12.2. The minimum Gasteiger partial charge on any atom is -0.348 e. The molecule has 0 aliphatic carbocycles. The standard InChI is InChI=1S/C12H14BrI2NO/c1-7(2)11(6-14)16-12(17)9-5-8(13)3-4-10(9)15/h3-5,7,11H,6H2,1-2H3,(H,16,17). The lowest BCUT2D eigenvalue weighted by Crippen LogP contribution is -2.40. The van der Waals surface area contributed by atoms with Gasteiger partial charge >= 0.3 is 0 Å². The quantitative estimate of drug-likeness (QED) is 0.466. The first-order valence-corrected chi connectivity index (χ1v) is 8.67. The zero-order chi connectivity index (χ0) is 13.0. The Morgan fingerprint density at radius 3 is 2.65 bits per heavy atom. The Hall–Kier alpha value is 0.630.